The highest BCUT2D eigenvalue weighted by Crippen LogP contribution is 2.29. The Labute approximate surface area is 167 Å². The number of anilines is 1. The van der Waals surface area contributed by atoms with E-state index in [2.05, 4.69) is 15.4 Å². The van der Waals surface area contributed by atoms with Gasteiger partial charge in [0, 0.05) is 19.0 Å². The Hall–Kier alpha value is -3.46. The fraction of sp³-hybridized carbons (Fsp3) is 0.300. The van der Waals surface area contributed by atoms with E-state index in [1.165, 1.54) is 17.0 Å². The van der Waals surface area contributed by atoms with Gasteiger partial charge in [0.2, 0.25) is 5.95 Å². The van der Waals surface area contributed by atoms with E-state index in [0.29, 0.717) is 25.2 Å². The topological polar surface area (TPSA) is 113 Å². The molecule has 29 heavy (non-hydrogen) atoms. The minimum atomic E-state index is -0.982. The van der Waals surface area contributed by atoms with Crippen molar-refractivity contribution in [3.8, 4) is 0 Å². The molecule has 0 radical (unpaired) electrons. The van der Waals surface area contributed by atoms with Crippen molar-refractivity contribution in [2.45, 2.75) is 31.5 Å². The van der Waals surface area contributed by atoms with E-state index in [1.807, 2.05) is 42.3 Å². The number of fused-ring (bicyclic) bond motifs is 1. The highest BCUT2D eigenvalue weighted by atomic mass is 16.4. The first kappa shape index (κ1) is 18.9. The van der Waals surface area contributed by atoms with Crippen molar-refractivity contribution < 1.29 is 19.1 Å². The first-order valence-electron chi connectivity index (χ1n) is 9.30. The number of amides is 1. The molecule has 9 heteroatoms. The Bertz CT molecular complexity index is 999. The standard InChI is InChI=1S/C20H21N5O4/c1-24(12-13-6-3-2-4-7-13)14-9-10-16-21-20(23-25(16)17(14)19(27)28)22-18(26)15-8-5-11-29-15/h2-8,11,14,17H,9-10,12H2,1H3,(H,27,28)(H,22,23,26). The third-order valence-corrected chi connectivity index (χ3v) is 5.06. The number of carboxylic acid groups (broad SMARTS) is 1. The van der Waals surface area contributed by atoms with Crippen LogP contribution in [-0.2, 0) is 17.8 Å². The number of carbonyl (C=O) groups is 2. The van der Waals surface area contributed by atoms with Crippen molar-refractivity contribution in [2.24, 2.45) is 0 Å². The van der Waals surface area contributed by atoms with Gasteiger partial charge >= 0.3 is 5.97 Å². The maximum Gasteiger partial charge on any atom is 0.330 e. The predicted molar refractivity (Wildman–Crippen MR) is 103 cm³/mol. The first-order valence-corrected chi connectivity index (χ1v) is 9.30. The highest BCUT2D eigenvalue weighted by Gasteiger charge is 2.39. The highest BCUT2D eigenvalue weighted by molar-refractivity contribution is 6.01. The molecule has 0 bridgehead atoms. The molecule has 1 aromatic carbocycles. The zero-order valence-electron chi connectivity index (χ0n) is 15.9. The number of aliphatic carboxylic acids is 1. The summed E-state index contributed by atoms with van der Waals surface area (Å²) in [6.45, 7) is 0.626. The molecule has 3 aromatic rings. The number of hydrogen-bond donors (Lipinski definition) is 2. The van der Waals surface area contributed by atoms with Gasteiger partial charge in [-0.15, -0.1) is 5.10 Å². The van der Waals surface area contributed by atoms with Gasteiger partial charge in [-0.1, -0.05) is 30.3 Å². The molecule has 2 atom stereocenters. The molecule has 0 saturated heterocycles. The molecular weight excluding hydrogens is 374 g/mol. The van der Waals surface area contributed by atoms with E-state index < -0.39 is 17.9 Å². The Morgan fingerprint density at radius 1 is 1.28 bits per heavy atom. The third kappa shape index (κ3) is 3.90. The summed E-state index contributed by atoms with van der Waals surface area (Å²) in [5, 5.41) is 16.7. The van der Waals surface area contributed by atoms with Crippen LogP contribution in [0.3, 0.4) is 0 Å². The molecule has 2 N–H and O–H groups in total. The lowest BCUT2D eigenvalue weighted by Crippen LogP contribution is -2.46. The number of furan rings is 1. The van der Waals surface area contributed by atoms with Gasteiger partial charge < -0.3 is 9.52 Å². The number of aromatic nitrogens is 3. The molecule has 1 aliphatic rings. The molecule has 0 fully saturated rings. The van der Waals surface area contributed by atoms with Crippen molar-refractivity contribution >= 4 is 17.8 Å². The van der Waals surface area contributed by atoms with Crippen molar-refractivity contribution in [3.63, 3.8) is 0 Å². The summed E-state index contributed by atoms with van der Waals surface area (Å²) in [6, 6.07) is 11.9. The fourth-order valence-corrected chi connectivity index (χ4v) is 3.69. The quantitative estimate of drug-likeness (QED) is 0.658. The maximum atomic E-state index is 12.2. The van der Waals surface area contributed by atoms with Crippen LogP contribution in [0.25, 0.3) is 0 Å². The number of nitrogens with one attached hydrogen (secondary N) is 1. The average Bonchev–Trinajstić information content (AvgIpc) is 3.37. The number of carbonyl (C=O) groups excluding carboxylic acids is 1. The minimum absolute atomic E-state index is 0.0685. The van der Waals surface area contributed by atoms with Gasteiger partial charge in [0.25, 0.3) is 5.91 Å². The Kier molecular flexibility index (Phi) is 5.13. The smallest absolute Gasteiger partial charge is 0.330 e. The van der Waals surface area contributed by atoms with Crippen LogP contribution in [0.2, 0.25) is 0 Å². The molecule has 9 nitrogen and oxygen atoms in total. The molecule has 150 valence electrons. The Morgan fingerprint density at radius 3 is 2.76 bits per heavy atom. The summed E-state index contributed by atoms with van der Waals surface area (Å²) in [6.07, 6.45) is 2.59. The van der Waals surface area contributed by atoms with E-state index >= 15 is 0 Å². The monoisotopic (exact) mass is 395 g/mol. The Balaban J connectivity index is 1.55. The van der Waals surface area contributed by atoms with Gasteiger partial charge in [0.05, 0.1) is 6.26 Å². The second kappa shape index (κ2) is 7.88. The molecular formula is C20H21N5O4. The lowest BCUT2D eigenvalue weighted by molar-refractivity contribution is -0.144. The number of carboxylic acids is 1. The summed E-state index contributed by atoms with van der Waals surface area (Å²) < 4.78 is 6.47. The van der Waals surface area contributed by atoms with Gasteiger partial charge in [-0.05, 0) is 31.2 Å². The van der Waals surface area contributed by atoms with E-state index in [-0.39, 0.29) is 17.8 Å². The van der Waals surface area contributed by atoms with E-state index in [9.17, 15) is 14.7 Å². The first-order chi connectivity index (χ1) is 14.0. The largest absolute Gasteiger partial charge is 0.480 e. The fourth-order valence-electron chi connectivity index (χ4n) is 3.69. The number of likely N-dealkylation sites (N-methyl/N-ethyl adjacent to an activating group) is 1. The predicted octanol–water partition coefficient (Wildman–Crippen LogP) is 2.20. The lowest BCUT2D eigenvalue weighted by atomic mass is 9.97. The lowest BCUT2D eigenvalue weighted by Gasteiger charge is -2.35. The second-order valence-corrected chi connectivity index (χ2v) is 7.02. The van der Waals surface area contributed by atoms with Crippen LogP contribution in [0.5, 0.6) is 0 Å². The number of rotatable bonds is 6. The molecule has 1 amide bonds. The normalized spacial score (nSPS) is 18.4. The zero-order chi connectivity index (χ0) is 20.4. The summed E-state index contributed by atoms with van der Waals surface area (Å²) in [4.78, 5) is 30.6. The molecule has 1 aliphatic heterocycles. The molecule has 3 heterocycles. The molecule has 0 aliphatic carbocycles. The Morgan fingerprint density at radius 2 is 2.07 bits per heavy atom. The number of benzene rings is 1. The average molecular weight is 395 g/mol. The van der Waals surface area contributed by atoms with E-state index in [1.54, 1.807) is 6.07 Å². The maximum absolute atomic E-state index is 12.2. The SMILES string of the molecule is CN(Cc1ccccc1)C1CCc2nc(NC(=O)c3ccco3)nn2C1C(=O)O. The van der Waals surface area contributed by atoms with Crippen LogP contribution in [0.15, 0.2) is 53.1 Å². The van der Waals surface area contributed by atoms with Gasteiger partial charge in [0.1, 0.15) is 5.82 Å². The van der Waals surface area contributed by atoms with Gasteiger partial charge in [0.15, 0.2) is 11.8 Å². The molecule has 4 rings (SSSR count). The molecule has 0 saturated carbocycles. The van der Waals surface area contributed by atoms with Crippen LogP contribution in [0.1, 0.15) is 34.4 Å². The van der Waals surface area contributed by atoms with Gasteiger partial charge in [-0.2, -0.15) is 4.98 Å². The van der Waals surface area contributed by atoms with Crippen LogP contribution in [0, 0.1) is 0 Å². The van der Waals surface area contributed by atoms with Crippen LogP contribution < -0.4 is 5.32 Å². The van der Waals surface area contributed by atoms with E-state index in [4.69, 9.17) is 4.42 Å². The second-order valence-electron chi connectivity index (χ2n) is 7.02. The number of nitrogens with zero attached hydrogens (tertiary/aromatic N) is 4. The van der Waals surface area contributed by atoms with Crippen molar-refractivity contribution in [1.29, 1.82) is 0 Å². The van der Waals surface area contributed by atoms with Crippen molar-refractivity contribution in [2.75, 3.05) is 12.4 Å². The number of aryl methyl sites for hydroxylation is 1. The van der Waals surface area contributed by atoms with Crippen LogP contribution in [0.4, 0.5) is 5.95 Å². The van der Waals surface area contributed by atoms with E-state index in [0.717, 1.165) is 5.56 Å². The van der Waals surface area contributed by atoms with Crippen molar-refractivity contribution in [1.82, 2.24) is 19.7 Å². The zero-order valence-corrected chi connectivity index (χ0v) is 15.9. The van der Waals surface area contributed by atoms with Gasteiger partial charge in [-0.25, -0.2) is 9.48 Å². The summed E-state index contributed by atoms with van der Waals surface area (Å²) in [5.41, 5.74) is 1.11. The van der Waals surface area contributed by atoms with Crippen molar-refractivity contribution in [3.05, 3.63) is 65.9 Å². The van der Waals surface area contributed by atoms with Gasteiger partial charge in [-0.3, -0.25) is 15.0 Å². The molecule has 2 unspecified atom stereocenters. The minimum Gasteiger partial charge on any atom is -0.480 e. The molecule has 0 spiro atoms. The van der Waals surface area contributed by atoms with Crippen LogP contribution in [-0.4, -0.2) is 49.7 Å². The third-order valence-electron chi connectivity index (χ3n) is 5.06. The summed E-state index contributed by atoms with van der Waals surface area (Å²) >= 11 is 0. The summed E-state index contributed by atoms with van der Waals surface area (Å²) in [5.74, 6) is -0.726. The summed E-state index contributed by atoms with van der Waals surface area (Å²) in [7, 11) is 1.91. The molecule has 2 aromatic heterocycles. The number of hydrogen-bond acceptors (Lipinski definition) is 6. The van der Waals surface area contributed by atoms with Crippen LogP contribution >= 0.6 is 0 Å².